The average molecular weight is 791 g/mol. The first-order chi connectivity index (χ1) is 22.2. The minimum atomic E-state index is -0.501. The normalized spacial score (nSPS) is 23.6. The molecule has 0 saturated heterocycles. The van der Waals surface area contributed by atoms with E-state index in [1.54, 1.807) is 0 Å². The predicted octanol–water partition coefficient (Wildman–Crippen LogP) is 13.0. The van der Waals surface area contributed by atoms with E-state index in [1.165, 1.54) is 96.1 Å². The Kier molecular flexibility index (Phi) is 11.6. The number of hydrogen-bond acceptors (Lipinski definition) is 2. The monoisotopic (exact) mass is 790 g/mol. The second-order valence-corrected chi connectivity index (χ2v) is 20.5. The second-order valence-electron chi connectivity index (χ2n) is 16.0. The first-order valence-corrected chi connectivity index (χ1v) is 20.3. The molecule has 2 atom stereocenters. The molecule has 6 heteroatoms. The number of alkyl halides is 2. The Morgan fingerprint density at radius 1 is 0.750 bits per heavy atom. The van der Waals surface area contributed by atoms with Crippen molar-refractivity contribution in [3.05, 3.63) is 98.8 Å². The molecule has 2 nitrogen and oxygen atoms in total. The zero-order valence-corrected chi connectivity index (χ0v) is 34.7. The van der Waals surface area contributed by atoms with Crippen LogP contribution in [0, 0.1) is 47.0 Å². The maximum absolute atomic E-state index is 8.35. The third-order valence-electron chi connectivity index (χ3n) is 10.7. The number of halogens is 2. The molecule has 260 valence electrons. The molecule has 0 bridgehead atoms. The van der Waals surface area contributed by atoms with Crippen LogP contribution in [0.4, 0.5) is 11.4 Å². The van der Waals surface area contributed by atoms with Gasteiger partial charge in [-0.1, -0.05) is 89.8 Å². The van der Waals surface area contributed by atoms with Gasteiger partial charge < -0.3 is 9.80 Å². The molecule has 0 spiro atoms. The zero-order chi connectivity index (χ0) is 33.8. The molecule has 4 aliphatic rings. The van der Waals surface area contributed by atoms with Crippen LogP contribution in [0.1, 0.15) is 112 Å². The number of hydrogen-bond donors (Lipinski definition) is 0. The van der Waals surface area contributed by atoms with Crippen molar-refractivity contribution in [3.63, 3.8) is 0 Å². The van der Waals surface area contributed by atoms with Gasteiger partial charge in [-0.05, 0) is 119 Å². The van der Waals surface area contributed by atoms with Crippen LogP contribution in [0.25, 0.3) is 0 Å². The standard InChI is InChI=1S/C42H55Cl2N2P.Ru/c1-27-22-29(3)38(30(4)23-27)45-20-21-46(39-31(5)24-28(2)25-32(39)6)40(45)37-35(18-19-41(7,8)9)42(44,26-36(37)43)47(33-14-10-11-15-33)34-16-12-13-17-34;/h19-25,33-34,36H,10-17,26H2,1-9H3;. The third kappa shape index (κ3) is 7.21. The summed E-state index contributed by atoms with van der Waals surface area (Å²) < 4.78 is -0.496. The topological polar surface area (TPSA) is 6.48 Å². The Labute approximate surface area is 315 Å². The van der Waals surface area contributed by atoms with Gasteiger partial charge in [0.25, 0.3) is 0 Å². The summed E-state index contributed by atoms with van der Waals surface area (Å²) >= 11 is 16.1. The molecule has 3 fully saturated rings. The maximum Gasteiger partial charge on any atom is 0.127 e. The molecule has 6 rings (SSSR count). The van der Waals surface area contributed by atoms with Crippen LogP contribution >= 0.6 is 31.1 Å². The molecule has 0 aromatic heterocycles. The van der Waals surface area contributed by atoms with E-state index in [0.29, 0.717) is 11.3 Å². The van der Waals surface area contributed by atoms with Crippen LogP contribution in [0.5, 0.6) is 0 Å². The summed E-state index contributed by atoms with van der Waals surface area (Å²) in [5.74, 6) is 1.12. The average Bonchev–Trinajstić information content (AvgIpc) is 3.76. The maximum atomic E-state index is 8.35. The van der Waals surface area contributed by atoms with Gasteiger partial charge in [0.15, 0.2) is 0 Å². The van der Waals surface area contributed by atoms with Crippen molar-refractivity contribution in [3.8, 4) is 0 Å². The molecule has 1 heterocycles. The van der Waals surface area contributed by atoms with Crippen molar-refractivity contribution in [2.45, 2.75) is 141 Å². The molecular weight excluding hydrogens is 735 g/mol. The van der Waals surface area contributed by atoms with Gasteiger partial charge in [-0.25, -0.2) is 0 Å². The fourth-order valence-electron chi connectivity index (χ4n) is 9.13. The summed E-state index contributed by atoms with van der Waals surface area (Å²) in [5.41, 5.74) is 17.8. The fourth-order valence-corrected chi connectivity index (χ4v) is 15.3. The van der Waals surface area contributed by atoms with E-state index >= 15 is 0 Å². The molecule has 3 saturated carbocycles. The van der Waals surface area contributed by atoms with E-state index in [-0.39, 0.29) is 30.3 Å². The zero-order valence-electron chi connectivity index (χ0n) is 30.6. The van der Waals surface area contributed by atoms with Crippen LogP contribution in [-0.4, -0.2) is 21.3 Å². The Balaban J connectivity index is 0.00000451. The van der Waals surface area contributed by atoms with Crippen molar-refractivity contribution < 1.29 is 19.5 Å². The van der Waals surface area contributed by atoms with Crippen molar-refractivity contribution in [1.29, 1.82) is 0 Å². The minimum absolute atomic E-state index is 0. The smallest absolute Gasteiger partial charge is 0.127 e. The van der Waals surface area contributed by atoms with Gasteiger partial charge in [0.2, 0.25) is 0 Å². The minimum Gasteiger partial charge on any atom is -0.301 e. The van der Waals surface area contributed by atoms with Crippen molar-refractivity contribution in [1.82, 2.24) is 0 Å². The van der Waals surface area contributed by atoms with Crippen molar-refractivity contribution >= 4 is 42.5 Å². The molecule has 3 aliphatic carbocycles. The Morgan fingerprint density at radius 3 is 1.52 bits per heavy atom. The molecule has 0 radical (unpaired) electrons. The van der Waals surface area contributed by atoms with E-state index in [0.717, 1.165) is 23.4 Å². The van der Waals surface area contributed by atoms with Gasteiger partial charge in [0, 0.05) is 43.0 Å². The van der Waals surface area contributed by atoms with Crippen LogP contribution < -0.4 is 9.80 Å². The van der Waals surface area contributed by atoms with Gasteiger partial charge in [-0.15, -0.1) is 28.9 Å². The van der Waals surface area contributed by atoms with Crippen LogP contribution in [0.3, 0.4) is 0 Å². The van der Waals surface area contributed by atoms with Crippen LogP contribution in [0.2, 0.25) is 0 Å². The molecule has 2 unspecified atom stereocenters. The van der Waals surface area contributed by atoms with Crippen LogP contribution in [0.15, 0.2) is 65.4 Å². The molecule has 0 N–H and O–H groups in total. The molecule has 48 heavy (non-hydrogen) atoms. The fraction of sp³-hybridized carbons (Fsp3) is 0.548. The van der Waals surface area contributed by atoms with Crippen LogP contribution in [-0.2, 0) is 19.5 Å². The first kappa shape index (κ1) is 37.9. The van der Waals surface area contributed by atoms with Gasteiger partial charge in [-0.3, -0.25) is 0 Å². The number of benzene rings is 2. The van der Waals surface area contributed by atoms with Gasteiger partial charge >= 0.3 is 0 Å². The number of allylic oxidation sites excluding steroid dienone is 2. The summed E-state index contributed by atoms with van der Waals surface area (Å²) in [4.78, 5) is 4.84. The third-order valence-corrected chi connectivity index (χ3v) is 15.9. The largest absolute Gasteiger partial charge is 0.301 e. The Hall–Kier alpha value is -1.33. The Bertz CT molecular complexity index is 1540. The second kappa shape index (κ2) is 14.7. The number of aryl methyl sites for hydroxylation is 6. The molecule has 2 aromatic rings. The Morgan fingerprint density at radius 2 is 1.15 bits per heavy atom. The summed E-state index contributed by atoms with van der Waals surface area (Å²) in [6.45, 7) is 20.1. The van der Waals surface area contributed by atoms with Crippen molar-refractivity contribution in [2.24, 2.45) is 5.41 Å². The van der Waals surface area contributed by atoms with E-state index in [1.807, 2.05) is 0 Å². The van der Waals surface area contributed by atoms with E-state index in [9.17, 15) is 0 Å². The van der Waals surface area contributed by atoms with E-state index < -0.39 is 12.5 Å². The van der Waals surface area contributed by atoms with Gasteiger partial charge in [-0.2, -0.15) is 0 Å². The predicted molar refractivity (Wildman–Crippen MR) is 208 cm³/mol. The van der Waals surface area contributed by atoms with Gasteiger partial charge in [0.05, 0.1) is 21.4 Å². The number of anilines is 2. The first-order valence-electron chi connectivity index (χ1n) is 18.0. The summed E-state index contributed by atoms with van der Waals surface area (Å²) in [7, 11) is -0.501. The quantitative estimate of drug-likeness (QED) is 0.129. The molecule has 2 aromatic carbocycles. The molecular formula is C42H55Cl2N2PRu. The number of rotatable bonds is 5. The SMILES string of the molecule is Cc1cc(C)c(N2C=CN(c3c(C)cc(C)cc3C)C2=C2C(=C=CC(C)(C)C)C(Cl)(P(C3CCCC3)C3CCCC3)CC2Cl)c(C)c1.[Ru]. The van der Waals surface area contributed by atoms with Gasteiger partial charge in [0.1, 0.15) is 5.82 Å². The van der Waals surface area contributed by atoms with E-state index in [4.69, 9.17) is 23.2 Å². The number of nitrogens with zero attached hydrogens (tertiary/aromatic N) is 2. The summed E-state index contributed by atoms with van der Waals surface area (Å²) in [5, 5.41) is -0.215. The van der Waals surface area contributed by atoms with E-state index in [2.05, 4.69) is 121 Å². The van der Waals surface area contributed by atoms with Crippen molar-refractivity contribution in [2.75, 3.05) is 9.80 Å². The molecule has 1 aliphatic heterocycles. The molecule has 0 amide bonds. The summed E-state index contributed by atoms with van der Waals surface area (Å²) in [6.07, 6.45) is 18.2. The summed E-state index contributed by atoms with van der Waals surface area (Å²) in [6, 6.07) is 9.21.